The minimum atomic E-state index is -4.28. The SMILES string of the molecule is CC/C=C\C/C=C\C/C=C\C/C=C\CCCCC(=O)OCC(COP(=O)(O)OCC[N+](C)(C)C)O/C=C\CCCCCC/C=C\CCCCCCCC. The number of allylic oxidation sites excluding steroid dienone is 11. The first-order chi connectivity index (χ1) is 25.6. The monoisotopic (exact) mass is 765 g/mol. The summed E-state index contributed by atoms with van der Waals surface area (Å²) in [6.07, 6.45) is 47.5. The van der Waals surface area contributed by atoms with Crippen molar-refractivity contribution in [2.75, 3.05) is 47.5 Å². The summed E-state index contributed by atoms with van der Waals surface area (Å²) in [6, 6.07) is 0. The highest BCUT2D eigenvalue weighted by Gasteiger charge is 2.25. The molecule has 9 heteroatoms. The van der Waals surface area contributed by atoms with Crippen LogP contribution in [0.3, 0.4) is 0 Å². The number of unbranched alkanes of at least 4 members (excludes halogenated alkanes) is 13. The van der Waals surface area contributed by atoms with E-state index < -0.39 is 13.9 Å². The van der Waals surface area contributed by atoms with Crippen molar-refractivity contribution in [3.8, 4) is 0 Å². The molecule has 0 aromatic heterocycles. The molecule has 53 heavy (non-hydrogen) atoms. The standard InChI is InChI=1S/C44H78NO7P/c1-6-8-10-12-14-16-18-20-22-24-26-28-30-32-34-36-39-49-43(42-52-53(47,48)51-40-38-45(3,4)5)41-50-44(46)37-35-33-31-29-27-25-23-21-19-17-15-13-11-9-7-2/h9,11,15,17,20-23,27,29,36,39,43H,6-8,10,12-14,16,18-19,24-26,28,30-35,37-38,40-42H2,1-5H3/p+1/b11-9-,17-15-,22-20-,23-21-,29-27-,39-36-. The van der Waals surface area contributed by atoms with E-state index in [4.69, 9.17) is 18.5 Å². The Labute approximate surface area is 325 Å². The van der Waals surface area contributed by atoms with Crippen molar-refractivity contribution < 1.29 is 37.3 Å². The summed E-state index contributed by atoms with van der Waals surface area (Å²) < 4.78 is 34.6. The molecule has 0 amide bonds. The molecule has 0 rings (SSSR count). The highest BCUT2D eigenvalue weighted by Crippen LogP contribution is 2.43. The van der Waals surface area contributed by atoms with Crippen LogP contribution in [0.15, 0.2) is 73.1 Å². The van der Waals surface area contributed by atoms with Crippen LogP contribution in [0.4, 0.5) is 0 Å². The van der Waals surface area contributed by atoms with Gasteiger partial charge in [-0.1, -0.05) is 120 Å². The van der Waals surface area contributed by atoms with E-state index in [0.717, 1.165) is 70.6 Å². The predicted octanol–water partition coefficient (Wildman–Crippen LogP) is 12.3. The number of ether oxygens (including phenoxy) is 2. The summed E-state index contributed by atoms with van der Waals surface area (Å²) >= 11 is 0. The molecule has 2 atom stereocenters. The van der Waals surface area contributed by atoms with Gasteiger partial charge in [-0.05, 0) is 89.5 Å². The molecule has 0 aromatic rings. The lowest BCUT2D eigenvalue weighted by Crippen LogP contribution is -2.37. The maximum absolute atomic E-state index is 12.4. The van der Waals surface area contributed by atoms with Gasteiger partial charge in [-0.2, -0.15) is 0 Å². The third kappa shape index (κ3) is 40.8. The second-order valence-electron chi connectivity index (χ2n) is 14.7. The number of phosphoric acid groups is 1. The number of quaternary nitrogens is 1. The number of hydrogen-bond donors (Lipinski definition) is 1. The number of rotatable bonds is 37. The Morgan fingerprint density at radius 2 is 1.11 bits per heavy atom. The minimum absolute atomic E-state index is 0.0775. The van der Waals surface area contributed by atoms with Gasteiger partial charge in [0, 0.05) is 6.42 Å². The Morgan fingerprint density at radius 1 is 0.623 bits per heavy atom. The maximum Gasteiger partial charge on any atom is 0.472 e. The van der Waals surface area contributed by atoms with Gasteiger partial charge in [0.2, 0.25) is 0 Å². The lowest BCUT2D eigenvalue weighted by Gasteiger charge is -2.24. The number of likely N-dealkylation sites (N-methyl/N-ethyl adjacent to an activating group) is 1. The van der Waals surface area contributed by atoms with E-state index in [0.29, 0.717) is 17.4 Å². The van der Waals surface area contributed by atoms with Crippen molar-refractivity contribution >= 4 is 13.8 Å². The zero-order valence-electron chi connectivity index (χ0n) is 34.5. The van der Waals surface area contributed by atoms with Crippen molar-refractivity contribution in [1.29, 1.82) is 0 Å². The summed E-state index contributed by atoms with van der Waals surface area (Å²) in [5.41, 5.74) is 0. The van der Waals surface area contributed by atoms with Gasteiger partial charge in [-0.3, -0.25) is 13.8 Å². The van der Waals surface area contributed by atoms with Crippen LogP contribution < -0.4 is 0 Å². The molecular weight excluding hydrogens is 685 g/mol. The lowest BCUT2D eigenvalue weighted by molar-refractivity contribution is -0.870. The number of carbonyl (C=O) groups excluding carboxylic acids is 1. The smallest absolute Gasteiger partial charge is 0.472 e. The Balaban J connectivity index is 4.43. The van der Waals surface area contributed by atoms with Crippen LogP contribution in [-0.4, -0.2) is 69.0 Å². The Morgan fingerprint density at radius 3 is 1.68 bits per heavy atom. The van der Waals surface area contributed by atoms with Crippen molar-refractivity contribution in [3.63, 3.8) is 0 Å². The molecule has 2 unspecified atom stereocenters. The Kier molecular flexibility index (Phi) is 35.2. The van der Waals surface area contributed by atoms with Gasteiger partial charge < -0.3 is 18.9 Å². The minimum Gasteiger partial charge on any atom is -0.492 e. The maximum atomic E-state index is 12.4. The molecule has 0 bridgehead atoms. The average molecular weight is 765 g/mol. The third-order valence-electron chi connectivity index (χ3n) is 8.34. The van der Waals surface area contributed by atoms with Crippen molar-refractivity contribution in [2.45, 2.75) is 155 Å². The first-order valence-electron chi connectivity index (χ1n) is 20.7. The number of esters is 1. The van der Waals surface area contributed by atoms with E-state index >= 15 is 0 Å². The zero-order valence-corrected chi connectivity index (χ0v) is 35.4. The van der Waals surface area contributed by atoms with Crippen LogP contribution in [0.5, 0.6) is 0 Å². The molecule has 8 nitrogen and oxygen atoms in total. The second-order valence-corrected chi connectivity index (χ2v) is 16.1. The van der Waals surface area contributed by atoms with Crippen LogP contribution in [-0.2, 0) is 27.9 Å². The van der Waals surface area contributed by atoms with Crippen molar-refractivity contribution in [1.82, 2.24) is 0 Å². The van der Waals surface area contributed by atoms with Crippen molar-refractivity contribution in [2.24, 2.45) is 0 Å². The van der Waals surface area contributed by atoms with Crippen LogP contribution >= 0.6 is 7.82 Å². The van der Waals surface area contributed by atoms with Gasteiger partial charge in [0.25, 0.3) is 0 Å². The molecule has 0 heterocycles. The number of phosphoric ester groups is 1. The molecule has 0 radical (unpaired) electrons. The van der Waals surface area contributed by atoms with E-state index in [1.54, 1.807) is 6.26 Å². The van der Waals surface area contributed by atoms with Gasteiger partial charge in [0.05, 0.1) is 34.0 Å². The van der Waals surface area contributed by atoms with Gasteiger partial charge in [0.1, 0.15) is 19.8 Å². The first-order valence-corrected chi connectivity index (χ1v) is 22.2. The van der Waals surface area contributed by atoms with Crippen molar-refractivity contribution in [3.05, 3.63) is 73.1 Å². The fourth-order valence-corrected chi connectivity index (χ4v) is 5.79. The number of hydrogen-bond acceptors (Lipinski definition) is 6. The number of carbonyl (C=O) groups is 1. The highest BCUT2D eigenvalue weighted by atomic mass is 31.2. The van der Waals surface area contributed by atoms with Gasteiger partial charge in [-0.15, -0.1) is 0 Å². The molecule has 0 aromatic carbocycles. The van der Waals surface area contributed by atoms with E-state index in [2.05, 4.69) is 74.6 Å². The fraction of sp³-hybridized carbons (Fsp3) is 0.705. The third-order valence-corrected chi connectivity index (χ3v) is 9.32. The summed E-state index contributed by atoms with van der Waals surface area (Å²) in [4.78, 5) is 22.6. The molecule has 0 fully saturated rings. The molecule has 1 N–H and O–H groups in total. The zero-order chi connectivity index (χ0) is 39.1. The average Bonchev–Trinajstić information content (AvgIpc) is 3.11. The van der Waals surface area contributed by atoms with E-state index in [9.17, 15) is 14.3 Å². The second kappa shape index (κ2) is 36.7. The number of nitrogens with zero attached hydrogens (tertiary/aromatic N) is 1. The van der Waals surface area contributed by atoms with Gasteiger partial charge >= 0.3 is 13.8 Å². The molecule has 0 aliphatic rings. The molecular formula is C44H79NO7P+. The van der Waals surface area contributed by atoms with Gasteiger partial charge in [0.15, 0.2) is 6.10 Å². The van der Waals surface area contributed by atoms with E-state index in [1.807, 2.05) is 27.2 Å². The Hall–Kier alpha value is -2.22. The van der Waals surface area contributed by atoms with E-state index in [1.165, 1.54) is 57.8 Å². The summed E-state index contributed by atoms with van der Waals surface area (Å²) in [7, 11) is 1.63. The lowest BCUT2D eigenvalue weighted by atomic mass is 10.1. The largest absolute Gasteiger partial charge is 0.492 e. The molecule has 0 aliphatic heterocycles. The quantitative estimate of drug-likeness (QED) is 0.0168. The van der Waals surface area contributed by atoms with E-state index in [-0.39, 0.29) is 25.8 Å². The molecule has 306 valence electrons. The summed E-state index contributed by atoms with van der Waals surface area (Å²) in [5.74, 6) is -0.323. The van der Waals surface area contributed by atoms with Crippen LogP contribution in [0.1, 0.15) is 149 Å². The Bertz CT molecular complexity index is 1070. The summed E-state index contributed by atoms with van der Waals surface area (Å²) in [6.45, 7) is 4.70. The molecule has 0 aliphatic carbocycles. The fourth-order valence-electron chi connectivity index (χ4n) is 5.05. The molecule has 0 spiro atoms. The molecule has 0 saturated heterocycles. The van der Waals surface area contributed by atoms with Crippen LogP contribution in [0, 0.1) is 0 Å². The van der Waals surface area contributed by atoms with Gasteiger partial charge in [-0.25, -0.2) is 4.57 Å². The highest BCUT2D eigenvalue weighted by molar-refractivity contribution is 7.47. The van der Waals surface area contributed by atoms with Crippen LogP contribution in [0.25, 0.3) is 0 Å². The topological polar surface area (TPSA) is 91.3 Å². The predicted molar refractivity (Wildman–Crippen MR) is 224 cm³/mol. The van der Waals surface area contributed by atoms with Crippen LogP contribution in [0.2, 0.25) is 0 Å². The normalized spacial score (nSPS) is 14.5. The first kappa shape index (κ1) is 50.8. The summed E-state index contributed by atoms with van der Waals surface area (Å²) in [5, 5.41) is 0. The molecule has 0 saturated carbocycles.